The van der Waals surface area contributed by atoms with Gasteiger partial charge < -0.3 is 0 Å². The fourth-order valence-corrected chi connectivity index (χ4v) is 2.96. The van der Waals surface area contributed by atoms with Crippen molar-refractivity contribution in [2.75, 3.05) is 5.75 Å². The highest BCUT2D eigenvalue weighted by Gasteiger charge is 2.13. The molecule has 0 amide bonds. The van der Waals surface area contributed by atoms with Crippen LogP contribution in [-0.4, -0.2) is 15.7 Å². The van der Waals surface area contributed by atoms with E-state index in [2.05, 4.69) is 13.8 Å². The molecule has 0 bridgehead atoms. The molecule has 1 atom stereocenters. The number of hydrogen-bond acceptors (Lipinski definition) is 2. The van der Waals surface area contributed by atoms with Crippen molar-refractivity contribution in [3.63, 3.8) is 0 Å². The monoisotopic (exact) mass is 304 g/mol. The molecule has 1 unspecified atom stereocenters. The largest absolute Gasteiger partial charge is 0.293 e. The van der Waals surface area contributed by atoms with Crippen LogP contribution in [0.5, 0.6) is 0 Å². The Morgan fingerprint density at radius 3 is 2.38 bits per heavy atom. The first-order valence-electron chi connectivity index (χ1n) is 6.74. The van der Waals surface area contributed by atoms with Gasteiger partial charge in [0.15, 0.2) is 5.78 Å². The molecule has 0 heterocycles. The van der Waals surface area contributed by atoms with Gasteiger partial charge in [-0.05, 0) is 35.7 Å². The molecule has 0 radical (unpaired) electrons. The summed E-state index contributed by atoms with van der Waals surface area (Å²) in [5, 5.41) is 0. The molecule has 2 nitrogen and oxygen atoms in total. The highest BCUT2D eigenvalue weighted by molar-refractivity contribution is 7.85. The molecule has 0 fully saturated rings. The molecule has 0 aliphatic rings. The van der Waals surface area contributed by atoms with Crippen LogP contribution in [0, 0.1) is 5.82 Å². The standard InChI is InChI=1S/C17H17FO2S/c1-12(2)13-6-8-16(9-7-13)21(20)11-17(19)14-4-3-5-15(18)10-14/h3-10,12H,11H2,1-2H3. The van der Waals surface area contributed by atoms with Crippen LogP contribution in [-0.2, 0) is 10.8 Å². The van der Waals surface area contributed by atoms with E-state index in [9.17, 15) is 13.4 Å². The Balaban J connectivity index is 2.09. The molecular weight excluding hydrogens is 287 g/mol. The molecule has 0 N–H and O–H groups in total. The maximum atomic E-state index is 13.1. The highest BCUT2D eigenvalue weighted by atomic mass is 32.2. The fourth-order valence-electron chi connectivity index (χ4n) is 1.95. The quantitative estimate of drug-likeness (QED) is 0.784. The first-order valence-corrected chi connectivity index (χ1v) is 8.06. The van der Waals surface area contributed by atoms with E-state index < -0.39 is 16.6 Å². The molecule has 110 valence electrons. The van der Waals surface area contributed by atoms with Crippen molar-refractivity contribution in [2.24, 2.45) is 0 Å². The summed E-state index contributed by atoms with van der Waals surface area (Å²) in [6.45, 7) is 4.17. The van der Waals surface area contributed by atoms with Crippen molar-refractivity contribution in [2.45, 2.75) is 24.7 Å². The Hall–Kier alpha value is -1.81. The zero-order chi connectivity index (χ0) is 15.4. The lowest BCUT2D eigenvalue weighted by Crippen LogP contribution is -2.11. The van der Waals surface area contributed by atoms with E-state index in [1.807, 2.05) is 12.1 Å². The van der Waals surface area contributed by atoms with Crippen molar-refractivity contribution >= 4 is 16.6 Å². The molecule has 0 aromatic heterocycles. The van der Waals surface area contributed by atoms with Crippen molar-refractivity contribution < 1.29 is 13.4 Å². The number of hydrogen-bond donors (Lipinski definition) is 0. The van der Waals surface area contributed by atoms with E-state index >= 15 is 0 Å². The lowest BCUT2D eigenvalue weighted by molar-refractivity contribution is 0.102. The summed E-state index contributed by atoms with van der Waals surface area (Å²) in [7, 11) is -1.41. The summed E-state index contributed by atoms with van der Waals surface area (Å²) < 4.78 is 25.3. The van der Waals surface area contributed by atoms with Gasteiger partial charge in [-0.3, -0.25) is 9.00 Å². The average molecular weight is 304 g/mol. The third-order valence-electron chi connectivity index (χ3n) is 3.22. The maximum Gasteiger partial charge on any atom is 0.175 e. The van der Waals surface area contributed by atoms with Crippen LogP contribution in [0.4, 0.5) is 4.39 Å². The van der Waals surface area contributed by atoms with Gasteiger partial charge in [0.2, 0.25) is 0 Å². The van der Waals surface area contributed by atoms with Crippen LogP contribution in [0.1, 0.15) is 35.7 Å². The highest BCUT2D eigenvalue weighted by Crippen LogP contribution is 2.17. The van der Waals surface area contributed by atoms with Crippen LogP contribution >= 0.6 is 0 Å². The Labute approximate surface area is 126 Å². The van der Waals surface area contributed by atoms with E-state index in [0.29, 0.717) is 10.8 Å². The van der Waals surface area contributed by atoms with Crippen LogP contribution in [0.25, 0.3) is 0 Å². The lowest BCUT2D eigenvalue weighted by atomic mass is 10.0. The molecule has 0 spiro atoms. The number of rotatable bonds is 5. The number of carbonyl (C=O) groups is 1. The van der Waals surface area contributed by atoms with Gasteiger partial charge in [0.05, 0.1) is 16.6 Å². The minimum atomic E-state index is -1.41. The molecule has 2 aromatic rings. The average Bonchev–Trinajstić information content (AvgIpc) is 2.47. The number of benzene rings is 2. The Bertz CT molecular complexity index is 663. The molecule has 2 aromatic carbocycles. The lowest BCUT2D eigenvalue weighted by Gasteiger charge is -2.07. The van der Waals surface area contributed by atoms with Crippen molar-refractivity contribution in [1.29, 1.82) is 0 Å². The van der Waals surface area contributed by atoms with Gasteiger partial charge in [-0.1, -0.05) is 38.1 Å². The van der Waals surface area contributed by atoms with Crippen LogP contribution in [0.15, 0.2) is 53.4 Å². The molecule has 0 saturated carbocycles. The fraction of sp³-hybridized carbons (Fsp3) is 0.235. The van der Waals surface area contributed by atoms with E-state index in [1.54, 1.807) is 12.1 Å². The minimum Gasteiger partial charge on any atom is -0.293 e. The molecule has 4 heteroatoms. The number of Topliss-reactive ketones (excluding diaryl/α,β-unsaturated/α-hetero) is 1. The van der Waals surface area contributed by atoms with Gasteiger partial charge in [0.25, 0.3) is 0 Å². The second kappa shape index (κ2) is 6.76. The Kier molecular flexibility index (Phi) is 5.02. The third kappa shape index (κ3) is 4.08. The van der Waals surface area contributed by atoms with Gasteiger partial charge in [-0.2, -0.15) is 0 Å². The SMILES string of the molecule is CC(C)c1ccc(S(=O)CC(=O)c2cccc(F)c2)cc1. The molecule has 2 rings (SSSR count). The van der Waals surface area contributed by atoms with Gasteiger partial charge in [0.1, 0.15) is 5.82 Å². The summed E-state index contributed by atoms with van der Waals surface area (Å²) in [5.41, 5.74) is 1.41. The van der Waals surface area contributed by atoms with Gasteiger partial charge in [0, 0.05) is 10.5 Å². The predicted molar refractivity (Wildman–Crippen MR) is 82.5 cm³/mol. The summed E-state index contributed by atoms with van der Waals surface area (Å²) in [4.78, 5) is 12.6. The summed E-state index contributed by atoms with van der Waals surface area (Å²) in [6.07, 6.45) is 0. The molecular formula is C17H17FO2S. The normalized spacial score (nSPS) is 12.4. The molecule has 21 heavy (non-hydrogen) atoms. The van der Waals surface area contributed by atoms with Crippen LogP contribution < -0.4 is 0 Å². The topological polar surface area (TPSA) is 34.1 Å². The molecule has 0 saturated heterocycles. The van der Waals surface area contributed by atoms with Crippen molar-refractivity contribution in [1.82, 2.24) is 0 Å². The van der Waals surface area contributed by atoms with Gasteiger partial charge >= 0.3 is 0 Å². The first kappa shape index (κ1) is 15.6. The molecule has 0 aliphatic heterocycles. The first-order chi connectivity index (χ1) is 9.97. The summed E-state index contributed by atoms with van der Waals surface area (Å²) in [5.74, 6) is -0.514. The zero-order valence-corrected chi connectivity index (χ0v) is 12.8. The van der Waals surface area contributed by atoms with E-state index in [4.69, 9.17) is 0 Å². The third-order valence-corrected chi connectivity index (χ3v) is 4.54. The van der Waals surface area contributed by atoms with Crippen LogP contribution in [0.3, 0.4) is 0 Å². The molecule has 0 aliphatic carbocycles. The van der Waals surface area contributed by atoms with Gasteiger partial charge in [-0.25, -0.2) is 4.39 Å². The van der Waals surface area contributed by atoms with Gasteiger partial charge in [-0.15, -0.1) is 0 Å². The summed E-state index contributed by atoms with van der Waals surface area (Å²) >= 11 is 0. The second-order valence-electron chi connectivity index (χ2n) is 5.15. The van der Waals surface area contributed by atoms with Crippen molar-refractivity contribution in [3.05, 3.63) is 65.5 Å². The minimum absolute atomic E-state index is 0.134. The van der Waals surface area contributed by atoms with Crippen molar-refractivity contribution in [3.8, 4) is 0 Å². The van der Waals surface area contributed by atoms with Crippen LogP contribution in [0.2, 0.25) is 0 Å². The van der Waals surface area contributed by atoms with E-state index in [0.717, 1.165) is 5.56 Å². The zero-order valence-electron chi connectivity index (χ0n) is 12.0. The summed E-state index contributed by atoms with van der Waals surface area (Å²) in [6, 6.07) is 12.9. The van der Waals surface area contributed by atoms with E-state index in [1.165, 1.54) is 24.3 Å². The second-order valence-corrected chi connectivity index (χ2v) is 6.60. The number of ketones is 1. The number of carbonyl (C=O) groups excluding carboxylic acids is 1. The maximum absolute atomic E-state index is 13.1. The Morgan fingerprint density at radius 1 is 1.14 bits per heavy atom. The predicted octanol–water partition coefficient (Wildman–Crippen LogP) is 3.94. The Morgan fingerprint density at radius 2 is 1.81 bits per heavy atom. The number of halogens is 1. The van der Waals surface area contributed by atoms with E-state index in [-0.39, 0.29) is 17.1 Å². The smallest absolute Gasteiger partial charge is 0.175 e.